The van der Waals surface area contributed by atoms with Gasteiger partial charge < -0.3 is 5.32 Å². The molecule has 0 aliphatic heterocycles. The number of hydrogen-bond donors (Lipinski definition) is 1. The number of halogens is 1. The molecule has 0 radical (unpaired) electrons. The van der Waals surface area contributed by atoms with Gasteiger partial charge in [-0.05, 0) is 30.7 Å². The summed E-state index contributed by atoms with van der Waals surface area (Å²) in [6.07, 6.45) is 1.58. The maximum Gasteiger partial charge on any atom is 0.234 e. The topological polar surface area (TPSA) is 67.8 Å². The Labute approximate surface area is 175 Å². The number of carbonyl (C=O) groups is 1. The zero-order valence-corrected chi connectivity index (χ0v) is 17.2. The fourth-order valence-corrected chi connectivity index (χ4v) is 4.81. The molecule has 0 spiro atoms. The Morgan fingerprint density at radius 3 is 2.79 bits per heavy atom. The summed E-state index contributed by atoms with van der Waals surface area (Å²) in [6, 6.07) is 15.7. The van der Waals surface area contributed by atoms with Crippen molar-refractivity contribution >= 4 is 56.5 Å². The third kappa shape index (κ3) is 4.16. The Morgan fingerprint density at radius 2 is 2.00 bits per heavy atom. The molecule has 3 heterocycles. The molecule has 1 aromatic carbocycles. The molecule has 0 fully saturated rings. The minimum atomic E-state index is -0.164. The molecule has 1 N–H and O–H groups in total. The van der Waals surface area contributed by atoms with Gasteiger partial charge >= 0.3 is 0 Å². The van der Waals surface area contributed by atoms with Crippen LogP contribution < -0.4 is 5.32 Å². The van der Waals surface area contributed by atoms with E-state index in [1.165, 1.54) is 11.8 Å². The fraction of sp³-hybridized carbons (Fsp3) is 0.100. The van der Waals surface area contributed by atoms with Crippen LogP contribution in [0.5, 0.6) is 0 Å². The molecule has 4 aromatic rings. The Hall–Kier alpha value is -2.48. The molecular formula is C20H15ClN4OS2. The average Bonchev–Trinajstić information content (AvgIpc) is 3.12. The zero-order valence-electron chi connectivity index (χ0n) is 14.8. The van der Waals surface area contributed by atoms with Crippen LogP contribution in [0, 0.1) is 6.92 Å². The highest BCUT2D eigenvalue weighted by molar-refractivity contribution is 8.00. The highest BCUT2D eigenvalue weighted by atomic mass is 35.5. The highest BCUT2D eigenvalue weighted by Gasteiger charge is 2.14. The number of nitrogens with one attached hydrogen (secondary N) is 1. The van der Waals surface area contributed by atoms with Gasteiger partial charge in [-0.3, -0.25) is 4.79 Å². The number of rotatable bonds is 5. The van der Waals surface area contributed by atoms with Gasteiger partial charge in [0.15, 0.2) is 5.15 Å². The number of aryl methyl sites for hydroxylation is 1. The number of benzene rings is 1. The molecule has 5 nitrogen and oxygen atoms in total. The predicted octanol–water partition coefficient (Wildman–Crippen LogP) is 5.45. The number of hydrogen-bond acceptors (Lipinski definition) is 6. The van der Waals surface area contributed by atoms with Crippen LogP contribution in [0.3, 0.4) is 0 Å². The normalized spacial score (nSPS) is 10.9. The maximum atomic E-state index is 12.3. The van der Waals surface area contributed by atoms with Crippen molar-refractivity contribution < 1.29 is 4.79 Å². The summed E-state index contributed by atoms with van der Waals surface area (Å²) in [4.78, 5) is 27.4. The molecule has 1 amide bonds. The molecule has 3 aromatic heterocycles. The van der Waals surface area contributed by atoms with E-state index in [9.17, 15) is 4.79 Å². The molecule has 0 saturated heterocycles. The SMILES string of the molecule is Cc1nc(SCC(=O)Nc2cccnc2Cl)c2cc(-c3ccccc3)sc2n1. The smallest absolute Gasteiger partial charge is 0.234 e. The van der Waals surface area contributed by atoms with Crippen LogP contribution in [0.25, 0.3) is 20.7 Å². The molecule has 28 heavy (non-hydrogen) atoms. The summed E-state index contributed by atoms with van der Waals surface area (Å²) >= 11 is 9.01. The first kappa shape index (κ1) is 18.9. The number of thioether (sulfide) groups is 1. The summed E-state index contributed by atoms with van der Waals surface area (Å²) in [7, 11) is 0. The van der Waals surface area contributed by atoms with Crippen molar-refractivity contribution in [3.63, 3.8) is 0 Å². The lowest BCUT2D eigenvalue weighted by Gasteiger charge is -2.06. The van der Waals surface area contributed by atoms with E-state index in [0.29, 0.717) is 11.5 Å². The van der Waals surface area contributed by atoms with Crippen molar-refractivity contribution in [1.29, 1.82) is 0 Å². The largest absolute Gasteiger partial charge is 0.323 e. The molecule has 0 unspecified atom stereocenters. The summed E-state index contributed by atoms with van der Waals surface area (Å²) in [5.41, 5.74) is 1.64. The average molecular weight is 427 g/mol. The highest BCUT2D eigenvalue weighted by Crippen LogP contribution is 2.36. The van der Waals surface area contributed by atoms with E-state index in [1.807, 2.05) is 25.1 Å². The van der Waals surface area contributed by atoms with Crippen molar-refractivity contribution in [2.75, 3.05) is 11.1 Å². The summed E-state index contributed by atoms with van der Waals surface area (Å²) in [5.74, 6) is 0.739. The summed E-state index contributed by atoms with van der Waals surface area (Å²) < 4.78 is 0. The number of thiophene rings is 1. The lowest BCUT2D eigenvalue weighted by atomic mass is 10.2. The van der Waals surface area contributed by atoms with E-state index in [2.05, 4.69) is 38.5 Å². The molecule has 140 valence electrons. The second-order valence-electron chi connectivity index (χ2n) is 5.95. The number of fused-ring (bicyclic) bond motifs is 1. The second kappa shape index (κ2) is 8.26. The first-order valence-electron chi connectivity index (χ1n) is 8.47. The zero-order chi connectivity index (χ0) is 19.5. The molecular weight excluding hydrogens is 412 g/mol. The van der Waals surface area contributed by atoms with Crippen LogP contribution in [0.2, 0.25) is 5.15 Å². The van der Waals surface area contributed by atoms with Crippen molar-refractivity contribution in [3.8, 4) is 10.4 Å². The number of amides is 1. The molecule has 0 saturated carbocycles. The third-order valence-electron chi connectivity index (χ3n) is 3.90. The van der Waals surface area contributed by atoms with E-state index in [1.54, 1.807) is 29.7 Å². The number of pyridine rings is 1. The van der Waals surface area contributed by atoms with Crippen molar-refractivity contribution in [1.82, 2.24) is 15.0 Å². The quantitative estimate of drug-likeness (QED) is 0.261. The second-order valence-corrected chi connectivity index (χ2v) is 8.30. The summed E-state index contributed by atoms with van der Waals surface area (Å²) in [6.45, 7) is 1.86. The fourth-order valence-electron chi connectivity index (χ4n) is 2.65. The van der Waals surface area contributed by atoms with Crippen LogP contribution in [0.4, 0.5) is 5.69 Å². The van der Waals surface area contributed by atoms with Gasteiger partial charge in [0.1, 0.15) is 15.7 Å². The number of aromatic nitrogens is 3. The van der Waals surface area contributed by atoms with E-state index < -0.39 is 0 Å². The predicted molar refractivity (Wildman–Crippen MR) is 116 cm³/mol. The molecule has 8 heteroatoms. The van der Waals surface area contributed by atoms with Gasteiger partial charge in [0.2, 0.25) is 5.91 Å². The minimum absolute atomic E-state index is 0.164. The molecule has 0 aliphatic carbocycles. The van der Waals surface area contributed by atoms with Gasteiger partial charge in [-0.1, -0.05) is 53.7 Å². The Morgan fingerprint density at radius 1 is 1.18 bits per heavy atom. The Kier molecular flexibility index (Phi) is 5.57. The van der Waals surface area contributed by atoms with Gasteiger partial charge in [0.25, 0.3) is 0 Å². The lowest BCUT2D eigenvalue weighted by Crippen LogP contribution is -2.14. The van der Waals surface area contributed by atoms with E-state index in [0.717, 1.165) is 25.7 Å². The minimum Gasteiger partial charge on any atom is -0.323 e. The van der Waals surface area contributed by atoms with Gasteiger partial charge in [-0.15, -0.1) is 11.3 Å². The van der Waals surface area contributed by atoms with Crippen LogP contribution >= 0.6 is 34.7 Å². The van der Waals surface area contributed by atoms with Gasteiger partial charge in [0.05, 0.1) is 11.4 Å². The van der Waals surface area contributed by atoms with E-state index >= 15 is 0 Å². The third-order valence-corrected chi connectivity index (χ3v) is 6.27. The van der Waals surface area contributed by atoms with Crippen LogP contribution in [0.1, 0.15) is 5.82 Å². The monoisotopic (exact) mass is 426 g/mol. The van der Waals surface area contributed by atoms with Gasteiger partial charge in [0, 0.05) is 16.5 Å². The van der Waals surface area contributed by atoms with Crippen LogP contribution in [-0.4, -0.2) is 26.6 Å². The molecule has 0 atom stereocenters. The van der Waals surface area contributed by atoms with Crippen molar-refractivity contribution in [2.45, 2.75) is 11.9 Å². The molecule has 0 aliphatic rings. The number of carbonyl (C=O) groups excluding carboxylic acids is 1. The van der Waals surface area contributed by atoms with Crippen LogP contribution in [-0.2, 0) is 4.79 Å². The molecule has 0 bridgehead atoms. The van der Waals surface area contributed by atoms with Gasteiger partial charge in [-0.25, -0.2) is 15.0 Å². The van der Waals surface area contributed by atoms with Gasteiger partial charge in [-0.2, -0.15) is 0 Å². The Balaban J connectivity index is 1.56. The number of anilines is 1. The first-order valence-corrected chi connectivity index (χ1v) is 10.6. The maximum absolute atomic E-state index is 12.3. The standard InChI is InChI=1S/C20H15ClN4OS2/c1-12-23-19(27-11-17(26)25-15-8-5-9-22-18(15)21)14-10-16(28-20(14)24-12)13-6-3-2-4-7-13/h2-10H,11H2,1H3,(H,25,26). The van der Waals surface area contributed by atoms with Crippen molar-refractivity contribution in [2.24, 2.45) is 0 Å². The molecule has 4 rings (SSSR count). The summed E-state index contributed by atoms with van der Waals surface area (Å²) in [5, 5.41) is 4.81. The number of nitrogens with zero attached hydrogens (tertiary/aromatic N) is 3. The Bertz CT molecular complexity index is 1150. The van der Waals surface area contributed by atoms with Crippen LogP contribution in [0.15, 0.2) is 59.8 Å². The van der Waals surface area contributed by atoms with Crippen molar-refractivity contribution in [3.05, 3.63) is 65.7 Å². The van der Waals surface area contributed by atoms with E-state index in [4.69, 9.17) is 11.6 Å². The lowest BCUT2D eigenvalue weighted by molar-refractivity contribution is -0.113. The van der Waals surface area contributed by atoms with E-state index in [-0.39, 0.29) is 16.8 Å². The first-order chi connectivity index (χ1) is 13.6.